The highest BCUT2D eigenvalue weighted by molar-refractivity contribution is 5.96. The molecular weight excluding hydrogens is 322 g/mol. The van der Waals surface area contributed by atoms with Gasteiger partial charge in [0.05, 0.1) is 12.5 Å². The van der Waals surface area contributed by atoms with Crippen LogP contribution in [-0.2, 0) is 11.2 Å². The summed E-state index contributed by atoms with van der Waals surface area (Å²) in [6.07, 6.45) is 0.526. The van der Waals surface area contributed by atoms with Gasteiger partial charge in [0.15, 0.2) is 5.78 Å². The number of ketones is 1. The van der Waals surface area contributed by atoms with Crippen molar-refractivity contribution in [2.75, 3.05) is 0 Å². The van der Waals surface area contributed by atoms with Gasteiger partial charge in [-0.25, -0.2) is 0 Å². The Morgan fingerprint density at radius 1 is 0.731 bits per heavy atom. The largest absolute Gasteiger partial charge is 0.349 e. The van der Waals surface area contributed by atoms with Crippen molar-refractivity contribution in [1.29, 1.82) is 0 Å². The molecule has 0 spiro atoms. The molecule has 3 heteroatoms. The van der Waals surface area contributed by atoms with E-state index in [1.165, 1.54) is 0 Å². The molecule has 1 unspecified atom stereocenters. The smallest absolute Gasteiger partial charge is 0.224 e. The molecule has 0 aliphatic heterocycles. The SMILES string of the molecule is O=C(Cc1ccccc1)NC(CC(=O)c1ccccc1)c1ccccc1. The first-order valence-corrected chi connectivity index (χ1v) is 8.69. The van der Waals surface area contributed by atoms with Crippen molar-refractivity contribution >= 4 is 11.7 Å². The lowest BCUT2D eigenvalue weighted by Gasteiger charge is -2.19. The van der Waals surface area contributed by atoms with Crippen LogP contribution >= 0.6 is 0 Å². The third-order valence-electron chi connectivity index (χ3n) is 4.23. The van der Waals surface area contributed by atoms with Crippen LogP contribution in [0.5, 0.6) is 0 Å². The van der Waals surface area contributed by atoms with Crippen molar-refractivity contribution in [3.05, 3.63) is 108 Å². The second kappa shape index (κ2) is 8.77. The van der Waals surface area contributed by atoms with Crippen LogP contribution in [0.25, 0.3) is 0 Å². The average molecular weight is 343 g/mol. The van der Waals surface area contributed by atoms with Crippen LogP contribution in [0.1, 0.15) is 33.9 Å². The van der Waals surface area contributed by atoms with Crippen LogP contribution in [-0.4, -0.2) is 11.7 Å². The normalized spacial score (nSPS) is 11.5. The second-order valence-electron chi connectivity index (χ2n) is 6.19. The lowest BCUT2D eigenvalue weighted by Crippen LogP contribution is -2.31. The van der Waals surface area contributed by atoms with Crippen molar-refractivity contribution in [3.63, 3.8) is 0 Å². The van der Waals surface area contributed by atoms with E-state index >= 15 is 0 Å². The number of hydrogen-bond acceptors (Lipinski definition) is 2. The maximum absolute atomic E-state index is 12.6. The minimum Gasteiger partial charge on any atom is -0.349 e. The van der Waals surface area contributed by atoms with Gasteiger partial charge in [0.1, 0.15) is 0 Å². The maximum Gasteiger partial charge on any atom is 0.224 e. The summed E-state index contributed by atoms with van der Waals surface area (Å²) < 4.78 is 0. The zero-order chi connectivity index (χ0) is 18.2. The van der Waals surface area contributed by atoms with Gasteiger partial charge in [-0.15, -0.1) is 0 Å². The van der Waals surface area contributed by atoms with Crippen molar-refractivity contribution in [1.82, 2.24) is 5.32 Å². The zero-order valence-corrected chi connectivity index (χ0v) is 14.5. The molecule has 3 aromatic carbocycles. The summed E-state index contributed by atoms with van der Waals surface area (Å²) in [5, 5.41) is 3.02. The molecular formula is C23H21NO2. The van der Waals surface area contributed by atoms with E-state index in [0.717, 1.165) is 11.1 Å². The summed E-state index contributed by atoms with van der Waals surface area (Å²) >= 11 is 0. The van der Waals surface area contributed by atoms with Crippen LogP contribution in [0.4, 0.5) is 0 Å². The number of carbonyl (C=O) groups is 2. The van der Waals surface area contributed by atoms with E-state index < -0.39 is 0 Å². The topological polar surface area (TPSA) is 46.2 Å². The molecule has 0 bridgehead atoms. The number of hydrogen-bond donors (Lipinski definition) is 1. The van der Waals surface area contributed by atoms with Crippen LogP contribution in [0.2, 0.25) is 0 Å². The fourth-order valence-electron chi connectivity index (χ4n) is 2.89. The molecule has 0 aliphatic rings. The van der Waals surface area contributed by atoms with Crippen LogP contribution in [0, 0.1) is 0 Å². The molecule has 1 amide bonds. The Hall–Kier alpha value is -3.20. The number of Topliss-reactive ketones (excluding diaryl/α,β-unsaturated/α-hetero) is 1. The summed E-state index contributed by atoms with van der Waals surface area (Å²) in [7, 11) is 0. The highest BCUT2D eigenvalue weighted by Crippen LogP contribution is 2.19. The zero-order valence-electron chi connectivity index (χ0n) is 14.5. The predicted octanol–water partition coefficient (Wildman–Crippen LogP) is 4.36. The molecule has 0 heterocycles. The Bertz CT molecular complexity index is 845. The van der Waals surface area contributed by atoms with Gasteiger partial charge in [-0.05, 0) is 11.1 Å². The summed E-state index contributed by atoms with van der Waals surface area (Å²) in [6, 6.07) is 28.1. The predicted molar refractivity (Wildman–Crippen MR) is 103 cm³/mol. The first kappa shape index (κ1) is 17.6. The minimum atomic E-state index is -0.347. The summed E-state index contributed by atoms with van der Waals surface area (Å²) in [5.74, 6) is -0.0784. The molecule has 0 fully saturated rings. The molecule has 0 aromatic heterocycles. The Morgan fingerprint density at radius 3 is 1.88 bits per heavy atom. The molecule has 26 heavy (non-hydrogen) atoms. The third-order valence-corrected chi connectivity index (χ3v) is 4.23. The number of nitrogens with one attached hydrogen (secondary N) is 1. The lowest BCUT2D eigenvalue weighted by atomic mass is 9.97. The molecule has 1 N–H and O–H groups in total. The first-order valence-electron chi connectivity index (χ1n) is 8.69. The highest BCUT2D eigenvalue weighted by Gasteiger charge is 2.19. The molecule has 0 saturated carbocycles. The Kier molecular flexibility index (Phi) is 5.94. The van der Waals surface area contributed by atoms with E-state index in [-0.39, 0.29) is 24.2 Å². The Balaban J connectivity index is 1.73. The van der Waals surface area contributed by atoms with Crippen molar-refractivity contribution in [2.45, 2.75) is 18.9 Å². The third kappa shape index (κ3) is 4.90. The summed E-state index contributed by atoms with van der Waals surface area (Å²) in [5.41, 5.74) is 2.54. The second-order valence-corrected chi connectivity index (χ2v) is 6.19. The van der Waals surface area contributed by atoms with Gasteiger partial charge in [-0.1, -0.05) is 91.0 Å². The number of benzene rings is 3. The van der Waals surface area contributed by atoms with Crippen LogP contribution in [0.15, 0.2) is 91.0 Å². The molecule has 0 aliphatic carbocycles. The van der Waals surface area contributed by atoms with Gasteiger partial charge in [0, 0.05) is 12.0 Å². The van der Waals surface area contributed by atoms with E-state index in [9.17, 15) is 9.59 Å². The minimum absolute atomic E-state index is 0.0134. The maximum atomic E-state index is 12.6. The Labute approximate surface area is 153 Å². The van der Waals surface area contributed by atoms with Crippen molar-refractivity contribution in [3.8, 4) is 0 Å². The fourth-order valence-corrected chi connectivity index (χ4v) is 2.89. The average Bonchev–Trinajstić information content (AvgIpc) is 2.69. The number of amides is 1. The number of carbonyl (C=O) groups excluding carboxylic acids is 2. The van der Waals surface area contributed by atoms with Crippen molar-refractivity contribution < 1.29 is 9.59 Å². The first-order chi connectivity index (χ1) is 12.7. The Morgan fingerprint density at radius 2 is 1.27 bits per heavy atom. The summed E-state index contributed by atoms with van der Waals surface area (Å²) in [6.45, 7) is 0. The van der Waals surface area contributed by atoms with Gasteiger partial charge in [-0.2, -0.15) is 0 Å². The lowest BCUT2D eigenvalue weighted by molar-refractivity contribution is -0.121. The molecule has 3 nitrogen and oxygen atoms in total. The van der Waals surface area contributed by atoms with Crippen LogP contribution < -0.4 is 5.32 Å². The van der Waals surface area contributed by atoms with Gasteiger partial charge in [0.2, 0.25) is 5.91 Å². The van der Waals surface area contributed by atoms with E-state index in [1.54, 1.807) is 12.1 Å². The van der Waals surface area contributed by atoms with E-state index in [2.05, 4.69) is 5.32 Å². The molecule has 0 radical (unpaired) electrons. The summed E-state index contributed by atoms with van der Waals surface area (Å²) in [4.78, 5) is 25.1. The molecule has 0 saturated heterocycles. The monoisotopic (exact) mass is 343 g/mol. The van der Waals surface area contributed by atoms with E-state index in [4.69, 9.17) is 0 Å². The molecule has 3 rings (SSSR count). The van der Waals surface area contributed by atoms with Crippen LogP contribution in [0.3, 0.4) is 0 Å². The molecule has 3 aromatic rings. The van der Waals surface area contributed by atoms with Gasteiger partial charge < -0.3 is 5.32 Å². The van der Waals surface area contributed by atoms with Gasteiger partial charge >= 0.3 is 0 Å². The molecule has 130 valence electrons. The standard InChI is InChI=1S/C23H21NO2/c25-22(20-14-8-3-9-15-20)17-21(19-12-6-2-7-13-19)24-23(26)16-18-10-4-1-5-11-18/h1-15,21H,16-17H2,(H,24,26). The van der Waals surface area contributed by atoms with E-state index in [0.29, 0.717) is 12.0 Å². The number of rotatable bonds is 7. The molecule has 1 atom stereocenters. The van der Waals surface area contributed by atoms with Gasteiger partial charge in [0.25, 0.3) is 0 Å². The van der Waals surface area contributed by atoms with Crippen molar-refractivity contribution in [2.24, 2.45) is 0 Å². The fraction of sp³-hybridized carbons (Fsp3) is 0.130. The van der Waals surface area contributed by atoms with Gasteiger partial charge in [-0.3, -0.25) is 9.59 Å². The van der Waals surface area contributed by atoms with E-state index in [1.807, 2.05) is 78.9 Å². The quantitative estimate of drug-likeness (QED) is 0.648. The highest BCUT2D eigenvalue weighted by atomic mass is 16.2.